The summed E-state index contributed by atoms with van der Waals surface area (Å²) in [6.07, 6.45) is -0.272. The third-order valence-electron chi connectivity index (χ3n) is 5.26. The predicted molar refractivity (Wildman–Crippen MR) is 95.0 cm³/mol. The van der Waals surface area contributed by atoms with Gasteiger partial charge in [-0.05, 0) is 36.2 Å². The fraction of sp³-hybridized carbons (Fsp3) is 0.300. The molecule has 0 aromatic heterocycles. The number of cyclic esters (lactones) is 1. The second kappa shape index (κ2) is 6.05. The van der Waals surface area contributed by atoms with Crippen molar-refractivity contribution in [1.82, 2.24) is 4.90 Å². The molecule has 8 nitrogen and oxygen atoms in total. The maximum absolute atomic E-state index is 13.2. The van der Waals surface area contributed by atoms with Crippen LogP contribution in [0.15, 0.2) is 24.3 Å². The maximum Gasteiger partial charge on any atom is 0.340 e. The van der Waals surface area contributed by atoms with Crippen LogP contribution in [0.3, 0.4) is 0 Å². The van der Waals surface area contributed by atoms with E-state index in [0.29, 0.717) is 52.7 Å². The van der Waals surface area contributed by atoms with E-state index in [1.54, 1.807) is 18.2 Å². The molecule has 0 aliphatic carbocycles. The molecule has 0 unspecified atom stereocenters. The van der Waals surface area contributed by atoms with Crippen LogP contribution in [0.2, 0.25) is 0 Å². The lowest BCUT2D eigenvalue weighted by atomic mass is 9.96. The van der Waals surface area contributed by atoms with Crippen molar-refractivity contribution in [2.24, 2.45) is 0 Å². The number of methoxy groups -OCH3 is 2. The summed E-state index contributed by atoms with van der Waals surface area (Å²) in [5, 5.41) is 0. The number of ether oxygens (including phenoxy) is 5. The highest BCUT2D eigenvalue weighted by Gasteiger charge is 2.43. The highest BCUT2D eigenvalue weighted by Crippen LogP contribution is 2.46. The number of hydrogen-bond acceptors (Lipinski definition) is 7. The van der Waals surface area contributed by atoms with Gasteiger partial charge in [-0.3, -0.25) is 9.69 Å². The average molecular weight is 383 g/mol. The summed E-state index contributed by atoms with van der Waals surface area (Å²) in [7, 11) is 3.01. The lowest BCUT2D eigenvalue weighted by Gasteiger charge is -2.33. The van der Waals surface area contributed by atoms with Crippen LogP contribution in [0.25, 0.3) is 0 Å². The van der Waals surface area contributed by atoms with Gasteiger partial charge in [0.25, 0.3) is 5.91 Å². The summed E-state index contributed by atoms with van der Waals surface area (Å²) in [5.74, 6) is 1.30. The smallest absolute Gasteiger partial charge is 0.340 e. The largest absolute Gasteiger partial charge is 0.493 e. The minimum absolute atomic E-state index is 0.140. The summed E-state index contributed by atoms with van der Waals surface area (Å²) >= 11 is 0. The molecule has 1 atom stereocenters. The Balaban J connectivity index is 1.57. The Bertz CT molecular complexity index is 1020. The molecule has 5 rings (SSSR count). The Labute approximate surface area is 160 Å². The Morgan fingerprint density at radius 3 is 2.57 bits per heavy atom. The van der Waals surface area contributed by atoms with Gasteiger partial charge >= 0.3 is 5.97 Å². The third-order valence-corrected chi connectivity index (χ3v) is 5.26. The van der Waals surface area contributed by atoms with Crippen molar-refractivity contribution >= 4 is 11.9 Å². The molecule has 1 amide bonds. The number of nitrogens with zero attached hydrogens (tertiary/aromatic N) is 1. The molecule has 0 spiro atoms. The minimum atomic E-state index is -0.876. The van der Waals surface area contributed by atoms with Gasteiger partial charge in [0.2, 0.25) is 13.0 Å². The molecule has 0 bridgehead atoms. The first-order valence-corrected chi connectivity index (χ1v) is 8.81. The van der Waals surface area contributed by atoms with E-state index in [1.807, 2.05) is 6.07 Å². The van der Waals surface area contributed by atoms with Crippen molar-refractivity contribution in [3.63, 3.8) is 0 Å². The summed E-state index contributed by atoms with van der Waals surface area (Å²) in [6.45, 7) is 0.532. The van der Waals surface area contributed by atoms with Crippen LogP contribution < -0.4 is 18.9 Å². The van der Waals surface area contributed by atoms with Crippen LogP contribution >= 0.6 is 0 Å². The standard InChI is InChI=1S/C20H17NO7/c1-24-13-4-3-11-16(17(13)25-2)19(28-20(11)23)21-6-5-10-7-14-15(27-9-26-14)8-12(10)18(21)22/h3-4,7-8,19H,5-6,9H2,1-2H3/t19-/m0/s1. The van der Waals surface area contributed by atoms with Crippen LogP contribution in [0, 0.1) is 0 Å². The minimum Gasteiger partial charge on any atom is -0.493 e. The zero-order valence-corrected chi connectivity index (χ0v) is 15.3. The Hall–Kier alpha value is -3.42. The number of amides is 1. The molecule has 0 fully saturated rings. The van der Waals surface area contributed by atoms with Gasteiger partial charge in [-0.2, -0.15) is 0 Å². The second-order valence-electron chi connectivity index (χ2n) is 6.63. The van der Waals surface area contributed by atoms with Gasteiger partial charge in [0, 0.05) is 12.1 Å². The number of fused-ring (bicyclic) bond motifs is 3. The van der Waals surface area contributed by atoms with Crippen LogP contribution in [0.4, 0.5) is 0 Å². The molecule has 2 aromatic carbocycles. The summed E-state index contributed by atoms with van der Waals surface area (Å²) in [6, 6.07) is 6.80. The quantitative estimate of drug-likeness (QED) is 0.752. The van der Waals surface area contributed by atoms with Crippen molar-refractivity contribution in [3.8, 4) is 23.0 Å². The maximum atomic E-state index is 13.2. The molecule has 0 N–H and O–H groups in total. The fourth-order valence-corrected chi connectivity index (χ4v) is 3.93. The topological polar surface area (TPSA) is 83.5 Å². The van der Waals surface area contributed by atoms with Gasteiger partial charge in [-0.25, -0.2) is 4.79 Å². The van der Waals surface area contributed by atoms with E-state index in [4.69, 9.17) is 23.7 Å². The lowest BCUT2D eigenvalue weighted by molar-refractivity contribution is -0.0169. The van der Waals surface area contributed by atoms with E-state index in [0.717, 1.165) is 5.56 Å². The van der Waals surface area contributed by atoms with Crippen molar-refractivity contribution in [2.75, 3.05) is 27.6 Å². The normalized spacial score (nSPS) is 19.2. The van der Waals surface area contributed by atoms with Crippen LogP contribution in [-0.4, -0.2) is 44.3 Å². The average Bonchev–Trinajstić information content (AvgIpc) is 3.30. The first-order valence-electron chi connectivity index (χ1n) is 8.81. The van der Waals surface area contributed by atoms with Crippen molar-refractivity contribution in [2.45, 2.75) is 12.6 Å². The summed E-state index contributed by atoms with van der Waals surface area (Å²) < 4.78 is 27.2. The van der Waals surface area contributed by atoms with Crippen molar-refractivity contribution in [3.05, 3.63) is 46.5 Å². The number of hydrogen-bond donors (Lipinski definition) is 0. The molecular weight excluding hydrogens is 366 g/mol. The van der Waals surface area contributed by atoms with Gasteiger partial charge in [0.1, 0.15) is 0 Å². The molecule has 8 heteroatoms. The van der Waals surface area contributed by atoms with E-state index in [9.17, 15) is 9.59 Å². The molecule has 0 saturated heterocycles. The van der Waals surface area contributed by atoms with Gasteiger partial charge in [0.15, 0.2) is 23.0 Å². The highest BCUT2D eigenvalue weighted by molar-refractivity contribution is 6.00. The molecule has 28 heavy (non-hydrogen) atoms. The number of carbonyl (C=O) groups is 2. The molecular formula is C20H17NO7. The Kier molecular flexibility index (Phi) is 3.61. The van der Waals surface area contributed by atoms with E-state index < -0.39 is 12.2 Å². The molecule has 3 aliphatic heterocycles. The number of carbonyl (C=O) groups excluding carboxylic acids is 2. The molecule has 144 valence electrons. The first kappa shape index (κ1) is 16.7. The molecule has 0 saturated carbocycles. The van der Waals surface area contributed by atoms with Crippen LogP contribution in [0.5, 0.6) is 23.0 Å². The second-order valence-corrected chi connectivity index (χ2v) is 6.63. The Morgan fingerprint density at radius 2 is 1.82 bits per heavy atom. The molecule has 2 aromatic rings. The molecule has 3 aliphatic rings. The van der Waals surface area contributed by atoms with Gasteiger partial charge in [-0.1, -0.05) is 0 Å². The number of benzene rings is 2. The summed E-state index contributed by atoms with van der Waals surface area (Å²) in [5.41, 5.74) is 2.27. The van der Waals surface area contributed by atoms with Crippen molar-refractivity contribution < 1.29 is 33.3 Å². The van der Waals surface area contributed by atoms with Gasteiger partial charge < -0.3 is 23.7 Å². The summed E-state index contributed by atoms with van der Waals surface area (Å²) in [4.78, 5) is 27.2. The lowest BCUT2D eigenvalue weighted by Crippen LogP contribution is -2.40. The Morgan fingerprint density at radius 1 is 1.04 bits per heavy atom. The van der Waals surface area contributed by atoms with Gasteiger partial charge in [0.05, 0.1) is 25.3 Å². The number of rotatable bonds is 3. The van der Waals surface area contributed by atoms with E-state index in [1.165, 1.54) is 19.1 Å². The zero-order chi connectivity index (χ0) is 19.4. The molecule has 3 heterocycles. The number of esters is 1. The van der Waals surface area contributed by atoms with E-state index in [-0.39, 0.29) is 12.7 Å². The van der Waals surface area contributed by atoms with Crippen LogP contribution in [-0.2, 0) is 11.2 Å². The van der Waals surface area contributed by atoms with Gasteiger partial charge in [-0.15, -0.1) is 0 Å². The highest BCUT2D eigenvalue weighted by atomic mass is 16.7. The van der Waals surface area contributed by atoms with Crippen LogP contribution in [0.1, 0.15) is 38.1 Å². The van der Waals surface area contributed by atoms with E-state index >= 15 is 0 Å². The molecule has 0 radical (unpaired) electrons. The first-order chi connectivity index (χ1) is 13.6. The zero-order valence-electron chi connectivity index (χ0n) is 15.3. The predicted octanol–water partition coefficient (Wildman–Crippen LogP) is 2.30. The monoisotopic (exact) mass is 383 g/mol. The van der Waals surface area contributed by atoms with E-state index in [2.05, 4.69) is 0 Å². The third kappa shape index (κ3) is 2.24. The SMILES string of the molecule is COc1ccc2c(c1OC)[C@@H](N1CCc3cc4c(cc3C1=O)OCO4)OC2=O. The van der Waals surface area contributed by atoms with Crippen molar-refractivity contribution in [1.29, 1.82) is 0 Å². The fourth-order valence-electron chi connectivity index (χ4n) is 3.93.